The lowest BCUT2D eigenvalue weighted by molar-refractivity contribution is 0.0699. The molecule has 100 valence electrons. The van der Waals surface area contributed by atoms with Gasteiger partial charge in [-0.25, -0.2) is 0 Å². The van der Waals surface area contributed by atoms with Gasteiger partial charge < -0.3 is 20.5 Å². The van der Waals surface area contributed by atoms with E-state index in [0.717, 1.165) is 32.6 Å². The van der Waals surface area contributed by atoms with Gasteiger partial charge in [0.25, 0.3) is 0 Å². The summed E-state index contributed by atoms with van der Waals surface area (Å²) in [6.45, 7) is 4.85. The first kappa shape index (κ1) is 12.8. The second-order valence-corrected chi connectivity index (χ2v) is 4.17. The molecule has 0 aliphatic carbocycles. The summed E-state index contributed by atoms with van der Waals surface area (Å²) in [5.74, 6) is 1.23. The zero-order valence-corrected chi connectivity index (χ0v) is 10.6. The molecule has 1 aliphatic heterocycles. The van der Waals surface area contributed by atoms with Crippen molar-refractivity contribution in [3.8, 4) is 6.01 Å². The van der Waals surface area contributed by atoms with Crippen LogP contribution in [0.5, 0.6) is 6.01 Å². The maximum atomic E-state index is 5.60. The molecule has 3 N–H and O–H groups in total. The van der Waals surface area contributed by atoms with E-state index in [1.807, 2.05) is 6.92 Å². The van der Waals surface area contributed by atoms with Crippen molar-refractivity contribution in [1.29, 1.82) is 0 Å². The molecule has 0 bridgehead atoms. The van der Waals surface area contributed by atoms with Gasteiger partial charge in [-0.3, -0.25) is 0 Å². The predicted octanol–water partition coefficient (Wildman–Crippen LogP) is 0.691. The molecule has 7 heteroatoms. The Kier molecular flexibility index (Phi) is 4.52. The monoisotopic (exact) mass is 253 g/mol. The SMILES string of the molecule is CCOc1nc(N)nc(NCC2CCOCC2)n1. The van der Waals surface area contributed by atoms with E-state index in [2.05, 4.69) is 20.3 Å². The molecule has 1 aromatic rings. The van der Waals surface area contributed by atoms with Crippen LogP contribution in [0.25, 0.3) is 0 Å². The Labute approximate surface area is 106 Å². The maximum absolute atomic E-state index is 5.60. The molecule has 1 fully saturated rings. The second-order valence-electron chi connectivity index (χ2n) is 4.17. The van der Waals surface area contributed by atoms with Gasteiger partial charge in [-0.1, -0.05) is 0 Å². The molecule has 0 aromatic carbocycles. The molecule has 18 heavy (non-hydrogen) atoms. The summed E-state index contributed by atoms with van der Waals surface area (Å²) in [6.07, 6.45) is 2.12. The van der Waals surface area contributed by atoms with Gasteiger partial charge in [-0.05, 0) is 25.7 Å². The highest BCUT2D eigenvalue weighted by atomic mass is 16.5. The molecule has 0 radical (unpaired) electrons. The summed E-state index contributed by atoms with van der Waals surface area (Å²) >= 11 is 0. The normalized spacial score (nSPS) is 16.5. The second kappa shape index (κ2) is 6.34. The summed E-state index contributed by atoms with van der Waals surface area (Å²) in [5.41, 5.74) is 5.60. The highest BCUT2D eigenvalue weighted by molar-refractivity contribution is 5.32. The maximum Gasteiger partial charge on any atom is 0.323 e. The van der Waals surface area contributed by atoms with Gasteiger partial charge in [-0.2, -0.15) is 15.0 Å². The number of ether oxygens (including phenoxy) is 2. The Hall–Kier alpha value is -1.63. The van der Waals surface area contributed by atoms with E-state index in [4.69, 9.17) is 15.2 Å². The van der Waals surface area contributed by atoms with Crippen LogP contribution >= 0.6 is 0 Å². The lowest BCUT2D eigenvalue weighted by Gasteiger charge is -2.22. The zero-order chi connectivity index (χ0) is 12.8. The van der Waals surface area contributed by atoms with Crippen LogP contribution in [0.15, 0.2) is 0 Å². The van der Waals surface area contributed by atoms with Crippen LogP contribution in [0.3, 0.4) is 0 Å². The number of nitrogens with zero attached hydrogens (tertiary/aromatic N) is 3. The number of nitrogen functional groups attached to an aromatic ring is 1. The number of anilines is 2. The van der Waals surface area contributed by atoms with Gasteiger partial charge in [0, 0.05) is 19.8 Å². The average Bonchev–Trinajstić information content (AvgIpc) is 2.37. The summed E-state index contributed by atoms with van der Waals surface area (Å²) in [5, 5.41) is 3.18. The first-order chi connectivity index (χ1) is 8.78. The fourth-order valence-corrected chi connectivity index (χ4v) is 1.83. The Morgan fingerprint density at radius 2 is 2.11 bits per heavy atom. The van der Waals surface area contributed by atoms with Crippen LogP contribution < -0.4 is 15.8 Å². The Balaban J connectivity index is 1.91. The fourth-order valence-electron chi connectivity index (χ4n) is 1.83. The van der Waals surface area contributed by atoms with Crippen molar-refractivity contribution >= 4 is 11.9 Å². The number of rotatable bonds is 5. The van der Waals surface area contributed by atoms with Crippen molar-refractivity contribution in [2.75, 3.05) is 37.4 Å². The topological polar surface area (TPSA) is 95.2 Å². The van der Waals surface area contributed by atoms with E-state index >= 15 is 0 Å². The molecule has 1 saturated heterocycles. The van der Waals surface area contributed by atoms with Crippen molar-refractivity contribution in [2.45, 2.75) is 19.8 Å². The zero-order valence-electron chi connectivity index (χ0n) is 10.6. The first-order valence-corrected chi connectivity index (χ1v) is 6.24. The van der Waals surface area contributed by atoms with E-state index < -0.39 is 0 Å². The summed E-state index contributed by atoms with van der Waals surface area (Å²) in [4.78, 5) is 12.1. The highest BCUT2D eigenvalue weighted by Gasteiger charge is 2.14. The number of nitrogens with one attached hydrogen (secondary N) is 1. The molecule has 0 amide bonds. The molecule has 2 rings (SSSR count). The summed E-state index contributed by atoms with van der Waals surface area (Å²) in [6, 6.07) is 0.263. The van der Waals surface area contributed by atoms with Gasteiger partial charge in [0.05, 0.1) is 6.61 Å². The van der Waals surface area contributed by atoms with E-state index in [1.165, 1.54) is 0 Å². The van der Waals surface area contributed by atoms with Crippen LogP contribution in [0.4, 0.5) is 11.9 Å². The van der Waals surface area contributed by atoms with Gasteiger partial charge in [0.1, 0.15) is 0 Å². The molecule has 1 aromatic heterocycles. The molecule has 7 nitrogen and oxygen atoms in total. The molecule has 1 aliphatic rings. The third kappa shape index (κ3) is 3.69. The number of hydrogen-bond acceptors (Lipinski definition) is 7. The predicted molar refractivity (Wildman–Crippen MR) is 67.4 cm³/mol. The smallest absolute Gasteiger partial charge is 0.323 e. The average molecular weight is 253 g/mol. The molecular formula is C11H19N5O2. The Bertz CT molecular complexity index is 382. The van der Waals surface area contributed by atoms with Gasteiger partial charge in [0.15, 0.2) is 0 Å². The van der Waals surface area contributed by atoms with Gasteiger partial charge in [-0.15, -0.1) is 0 Å². The highest BCUT2D eigenvalue weighted by Crippen LogP contribution is 2.15. The van der Waals surface area contributed by atoms with Crippen molar-refractivity contribution in [1.82, 2.24) is 15.0 Å². The fraction of sp³-hybridized carbons (Fsp3) is 0.727. The third-order valence-electron chi connectivity index (χ3n) is 2.80. The molecule has 0 unspecified atom stereocenters. The van der Waals surface area contributed by atoms with Crippen LogP contribution in [0.2, 0.25) is 0 Å². The Morgan fingerprint density at radius 1 is 1.33 bits per heavy atom. The Morgan fingerprint density at radius 3 is 2.83 bits per heavy atom. The number of aromatic nitrogens is 3. The van der Waals surface area contributed by atoms with Gasteiger partial charge >= 0.3 is 6.01 Å². The molecular weight excluding hydrogens is 234 g/mol. The number of nitrogens with two attached hydrogens (primary N) is 1. The minimum atomic E-state index is 0.169. The van der Waals surface area contributed by atoms with E-state index in [1.54, 1.807) is 0 Å². The lowest BCUT2D eigenvalue weighted by atomic mass is 10.0. The summed E-state index contributed by atoms with van der Waals surface area (Å²) < 4.78 is 10.5. The van der Waals surface area contributed by atoms with Gasteiger partial charge in [0.2, 0.25) is 11.9 Å². The van der Waals surface area contributed by atoms with Crippen molar-refractivity contribution in [2.24, 2.45) is 5.92 Å². The molecule has 0 atom stereocenters. The standard InChI is InChI=1S/C11H19N5O2/c1-2-18-11-15-9(12)14-10(16-11)13-7-8-3-5-17-6-4-8/h8H,2-7H2,1H3,(H3,12,13,14,15,16). The van der Waals surface area contributed by atoms with E-state index in [9.17, 15) is 0 Å². The lowest BCUT2D eigenvalue weighted by Crippen LogP contribution is -2.23. The van der Waals surface area contributed by atoms with Crippen molar-refractivity contribution in [3.63, 3.8) is 0 Å². The van der Waals surface area contributed by atoms with Crippen LogP contribution in [-0.4, -0.2) is 41.3 Å². The van der Waals surface area contributed by atoms with Crippen molar-refractivity contribution in [3.05, 3.63) is 0 Å². The summed E-state index contributed by atoms with van der Waals surface area (Å²) in [7, 11) is 0. The minimum absolute atomic E-state index is 0.169. The van der Waals surface area contributed by atoms with Crippen LogP contribution in [-0.2, 0) is 4.74 Å². The quantitative estimate of drug-likeness (QED) is 0.797. The van der Waals surface area contributed by atoms with Crippen LogP contribution in [0, 0.1) is 5.92 Å². The van der Waals surface area contributed by atoms with E-state index in [-0.39, 0.29) is 12.0 Å². The minimum Gasteiger partial charge on any atom is -0.464 e. The third-order valence-corrected chi connectivity index (χ3v) is 2.80. The first-order valence-electron chi connectivity index (χ1n) is 6.24. The largest absolute Gasteiger partial charge is 0.464 e. The molecule has 0 spiro atoms. The molecule has 0 saturated carbocycles. The van der Waals surface area contributed by atoms with E-state index in [0.29, 0.717) is 18.5 Å². The van der Waals surface area contributed by atoms with Crippen molar-refractivity contribution < 1.29 is 9.47 Å². The number of hydrogen-bond donors (Lipinski definition) is 2. The van der Waals surface area contributed by atoms with Crippen LogP contribution in [0.1, 0.15) is 19.8 Å². The molecule has 2 heterocycles.